The van der Waals surface area contributed by atoms with Gasteiger partial charge in [-0.1, -0.05) is 18.2 Å². The van der Waals surface area contributed by atoms with Crippen LogP contribution < -0.4 is 10.1 Å². The molecule has 0 fully saturated rings. The van der Waals surface area contributed by atoms with Crippen LogP contribution in [-0.4, -0.2) is 23.1 Å². The number of H-pyrrole nitrogens is 1. The third kappa shape index (κ3) is 2.85. The quantitative estimate of drug-likeness (QED) is 0.899. The summed E-state index contributed by atoms with van der Waals surface area (Å²) < 4.78 is 5.91. The molecule has 0 spiro atoms. The smallest absolute Gasteiger partial charge is 0.126 e. The molecule has 0 radical (unpaired) electrons. The van der Waals surface area contributed by atoms with Crippen LogP contribution in [-0.2, 0) is 6.42 Å². The molecule has 0 saturated carbocycles. The summed E-state index contributed by atoms with van der Waals surface area (Å²) in [6.45, 7) is 3.88. The molecule has 2 heterocycles. The maximum atomic E-state index is 5.91. The van der Waals surface area contributed by atoms with Gasteiger partial charge in [0.2, 0.25) is 0 Å². The van der Waals surface area contributed by atoms with Crippen molar-refractivity contribution in [2.75, 3.05) is 13.2 Å². The molecule has 106 valence electrons. The van der Waals surface area contributed by atoms with E-state index in [1.165, 1.54) is 16.8 Å². The highest BCUT2D eigenvalue weighted by Gasteiger charge is 2.20. The number of aromatic nitrogens is 2. The maximum Gasteiger partial charge on any atom is 0.126 e. The van der Waals surface area contributed by atoms with Gasteiger partial charge in [0.1, 0.15) is 5.75 Å². The van der Waals surface area contributed by atoms with Crippen LogP contribution in [0.1, 0.15) is 35.7 Å². The van der Waals surface area contributed by atoms with Crippen molar-refractivity contribution in [2.24, 2.45) is 0 Å². The average molecular weight is 271 g/mol. The van der Waals surface area contributed by atoms with Gasteiger partial charge in [-0.15, -0.1) is 0 Å². The number of hydrogen-bond donors (Lipinski definition) is 2. The van der Waals surface area contributed by atoms with Crippen LogP contribution >= 0.6 is 0 Å². The first-order valence-electron chi connectivity index (χ1n) is 7.27. The van der Waals surface area contributed by atoms with Crippen LogP contribution in [0.2, 0.25) is 0 Å². The van der Waals surface area contributed by atoms with Crippen molar-refractivity contribution in [3.63, 3.8) is 0 Å². The van der Waals surface area contributed by atoms with E-state index in [0.717, 1.165) is 38.2 Å². The van der Waals surface area contributed by atoms with Crippen molar-refractivity contribution < 1.29 is 4.74 Å². The minimum absolute atomic E-state index is 0.385. The summed E-state index contributed by atoms with van der Waals surface area (Å²) in [7, 11) is 0. The summed E-state index contributed by atoms with van der Waals surface area (Å²) in [5.74, 6) is 1.07. The van der Waals surface area contributed by atoms with E-state index in [0.29, 0.717) is 6.04 Å². The molecule has 0 amide bonds. The van der Waals surface area contributed by atoms with E-state index in [2.05, 4.69) is 40.4 Å². The van der Waals surface area contributed by atoms with Crippen LogP contribution in [0.15, 0.2) is 30.7 Å². The predicted molar refractivity (Wildman–Crippen MR) is 78.9 cm³/mol. The fraction of sp³-hybridized carbons (Fsp3) is 0.438. The molecule has 0 saturated heterocycles. The Hall–Kier alpha value is -1.81. The molecule has 1 aromatic heterocycles. The number of ether oxygens (including phenoxy) is 1. The molecule has 4 nitrogen and oxygen atoms in total. The molecular formula is C16H21N3O. The molecule has 1 unspecified atom stereocenters. The van der Waals surface area contributed by atoms with Gasteiger partial charge < -0.3 is 15.0 Å². The lowest BCUT2D eigenvalue weighted by Crippen LogP contribution is -2.23. The molecule has 3 rings (SSSR count). The van der Waals surface area contributed by atoms with E-state index in [9.17, 15) is 0 Å². The van der Waals surface area contributed by atoms with Gasteiger partial charge in [-0.2, -0.15) is 0 Å². The average Bonchev–Trinajstić information content (AvgIpc) is 2.87. The van der Waals surface area contributed by atoms with Gasteiger partial charge in [-0.05, 0) is 25.3 Å². The lowest BCUT2D eigenvalue weighted by molar-refractivity contribution is 0.313. The van der Waals surface area contributed by atoms with Crippen LogP contribution in [0.5, 0.6) is 5.75 Å². The largest absolute Gasteiger partial charge is 0.493 e. The van der Waals surface area contributed by atoms with Gasteiger partial charge in [0.15, 0.2) is 0 Å². The second kappa shape index (κ2) is 6.09. The zero-order valence-electron chi connectivity index (χ0n) is 11.9. The van der Waals surface area contributed by atoms with E-state index < -0.39 is 0 Å². The summed E-state index contributed by atoms with van der Waals surface area (Å²) in [6.07, 6.45) is 6.80. The number of benzene rings is 1. The number of fused-ring (bicyclic) bond motifs is 1. The maximum absolute atomic E-state index is 5.91. The van der Waals surface area contributed by atoms with E-state index in [-0.39, 0.29) is 0 Å². The van der Waals surface area contributed by atoms with Gasteiger partial charge >= 0.3 is 0 Å². The Labute approximate surface area is 119 Å². The van der Waals surface area contributed by atoms with E-state index in [1.807, 2.05) is 6.20 Å². The van der Waals surface area contributed by atoms with Crippen molar-refractivity contribution in [3.8, 4) is 5.75 Å². The van der Waals surface area contributed by atoms with Gasteiger partial charge in [0.05, 0.1) is 12.9 Å². The first-order valence-corrected chi connectivity index (χ1v) is 7.27. The molecule has 1 atom stereocenters. The van der Waals surface area contributed by atoms with Gasteiger partial charge in [-0.25, -0.2) is 4.98 Å². The van der Waals surface area contributed by atoms with E-state index >= 15 is 0 Å². The minimum atomic E-state index is 0.385. The second-order valence-corrected chi connectivity index (χ2v) is 5.32. The second-order valence-electron chi connectivity index (χ2n) is 5.32. The number of rotatable bonds is 4. The molecule has 0 aliphatic carbocycles. The Balaban J connectivity index is 1.68. The van der Waals surface area contributed by atoms with Crippen molar-refractivity contribution >= 4 is 0 Å². The molecule has 20 heavy (non-hydrogen) atoms. The topological polar surface area (TPSA) is 49.9 Å². The Morgan fingerprint density at radius 3 is 3.25 bits per heavy atom. The SMILES string of the molecule is Cc1cccc2c1OCCCC2NCCc1cnc[nH]1. The fourth-order valence-electron chi connectivity index (χ4n) is 2.78. The highest BCUT2D eigenvalue weighted by atomic mass is 16.5. The Morgan fingerprint density at radius 1 is 1.45 bits per heavy atom. The third-order valence-corrected chi connectivity index (χ3v) is 3.84. The summed E-state index contributed by atoms with van der Waals surface area (Å²) in [5.41, 5.74) is 3.70. The number of imidazole rings is 1. The van der Waals surface area contributed by atoms with E-state index in [4.69, 9.17) is 4.74 Å². The number of nitrogens with zero attached hydrogens (tertiary/aromatic N) is 1. The van der Waals surface area contributed by atoms with Gasteiger partial charge in [0, 0.05) is 36.5 Å². The fourth-order valence-corrected chi connectivity index (χ4v) is 2.78. The number of hydrogen-bond acceptors (Lipinski definition) is 3. The summed E-state index contributed by atoms with van der Waals surface area (Å²) in [4.78, 5) is 7.19. The van der Waals surface area contributed by atoms with Crippen LogP contribution in [0, 0.1) is 6.92 Å². The third-order valence-electron chi connectivity index (χ3n) is 3.84. The first-order chi connectivity index (χ1) is 9.84. The molecular weight excluding hydrogens is 250 g/mol. The molecule has 2 N–H and O–H groups in total. The van der Waals surface area contributed by atoms with Gasteiger partial charge in [0.25, 0.3) is 0 Å². The van der Waals surface area contributed by atoms with Crippen molar-refractivity contribution in [2.45, 2.75) is 32.2 Å². The summed E-state index contributed by atoms with van der Waals surface area (Å²) >= 11 is 0. The zero-order valence-corrected chi connectivity index (χ0v) is 11.9. The summed E-state index contributed by atoms with van der Waals surface area (Å²) in [6, 6.07) is 6.80. The number of para-hydroxylation sites is 1. The highest BCUT2D eigenvalue weighted by Crippen LogP contribution is 2.33. The van der Waals surface area contributed by atoms with Crippen LogP contribution in [0.25, 0.3) is 0 Å². The van der Waals surface area contributed by atoms with Crippen LogP contribution in [0.3, 0.4) is 0 Å². The highest BCUT2D eigenvalue weighted by molar-refractivity contribution is 5.43. The molecule has 1 aliphatic heterocycles. The van der Waals surface area contributed by atoms with E-state index in [1.54, 1.807) is 6.33 Å². The zero-order chi connectivity index (χ0) is 13.8. The molecule has 2 aromatic rings. The van der Waals surface area contributed by atoms with Crippen molar-refractivity contribution in [3.05, 3.63) is 47.5 Å². The minimum Gasteiger partial charge on any atom is -0.493 e. The Morgan fingerprint density at radius 2 is 2.40 bits per heavy atom. The normalized spacial score (nSPS) is 18.1. The molecule has 1 aromatic carbocycles. The predicted octanol–water partition coefficient (Wildman–Crippen LogP) is 2.76. The number of aryl methyl sites for hydroxylation is 1. The van der Waals surface area contributed by atoms with Crippen LogP contribution in [0.4, 0.5) is 0 Å². The van der Waals surface area contributed by atoms with Crippen molar-refractivity contribution in [1.82, 2.24) is 15.3 Å². The molecule has 1 aliphatic rings. The number of aromatic amines is 1. The number of nitrogens with one attached hydrogen (secondary N) is 2. The lowest BCUT2D eigenvalue weighted by atomic mass is 9.99. The Bertz CT molecular complexity index is 551. The van der Waals surface area contributed by atoms with Crippen molar-refractivity contribution in [1.29, 1.82) is 0 Å². The van der Waals surface area contributed by atoms with Gasteiger partial charge in [-0.3, -0.25) is 0 Å². The first kappa shape index (κ1) is 13.2. The molecule has 4 heteroatoms. The monoisotopic (exact) mass is 271 g/mol. The summed E-state index contributed by atoms with van der Waals surface area (Å²) in [5, 5.41) is 3.66. The Kier molecular flexibility index (Phi) is 4.02. The standard InChI is InChI=1S/C16H21N3O/c1-12-4-2-5-14-15(6-3-9-20-16(12)14)18-8-7-13-10-17-11-19-13/h2,4-5,10-11,15,18H,3,6-9H2,1H3,(H,17,19). The lowest BCUT2D eigenvalue weighted by Gasteiger charge is -2.19. The molecule has 0 bridgehead atoms.